The third-order valence-electron chi connectivity index (χ3n) is 2.62. The van der Waals surface area contributed by atoms with Crippen LogP contribution in [-0.4, -0.2) is 24.5 Å². The first-order valence-electron chi connectivity index (χ1n) is 4.73. The third kappa shape index (κ3) is 3.28. The summed E-state index contributed by atoms with van der Waals surface area (Å²) in [5, 5.41) is 0. The zero-order valence-corrected chi connectivity index (χ0v) is 9.44. The molecule has 0 aromatic heterocycles. The maximum absolute atomic E-state index is 3.86. The normalized spacial score (nSPS) is 19.9. The van der Waals surface area contributed by atoms with Crippen molar-refractivity contribution in [2.45, 2.75) is 38.1 Å². The first kappa shape index (κ1) is 10.3. The fourth-order valence-electron chi connectivity index (χ4n) is 1.92. The van der Waals surface area contributed by atoms with Gasteiger partial charge in [0.2, 0.25) is 0 Å². The first-order valence-corrected chi connectivity index (χ1v) is 5.53. The Hall–Kier alpha value is 0.180. The van der Waals surface area contributed by atoms with Crippen molar-refractivity contribution in [3.63, 3.8) is 0 Å². The largest absolute Gasteiger partial charge is 0.299 e. The summed E-state index contributed by atoms with van der Waals surface area (Å²) in [6.45, 7) is 4.86. The number of halogens is 1. The number of nitrogens with zero attached hydrogens (tertiary/aromatic N) is 1. The van der Waals surface area contributed by atoms with Gasteiger partial charge in [0.05, 0.1) is 0 Å². The van der Waals surface area contributed by atoms with Gasteiger partial charge in [0.1, 0.15) is 0 Å². The Balaban J connectivity index is 2.29. The average Bonchev–Trinajstić information content (AvgIpc) is 2.05. The van der Waals surface area contributed by atoms with Gasteiger partial charge >= 0.3 is 0 Å². The highest BCUT2D eigenvalue weighted by Crippen LogP contribution is 2.22. The van der Waals surface area contributed by atoms with Crippen molar-refractivity contribution in [2.75, 3.05) is 13.6 Å². The Morgan fingerprint density at radius 1 is 1.42 bits per heavy atom. The van der Waals surface area contributed by atoms with E-state index in [2.05, 4.69) is 34.5 Å². The molecule has 0 radical (unpaired) electrons. The molecule has 0 unspecified atom stereocenters. The molecule has 0 N–H and O–H groups in total. The van der Waals surface area contributed by atoms with Gasteiger partial charge in [-0.2, -0.15) is 0 Å². The molecular formula is C10H18BrN. The van der Waals surface area contributed by atoms with Crippen LogP contribution in [0.4, 0.5) is 0 Å². The second-order valence-corrected chi connectivity index (χ2v) is 4.85. The summed E-state index contributed by atoms with van der Waals surface area (Å²) in [6.07, 6.45) is 6.99. The molecule has 1 fully saturated rings. The number of likely N-dealkylation sites (N-methyl/N-ethyl adjacent to an activating group) is 1. The Morgan fingerprint density at radius 3 is 2.50 bits per heavy atom. The summed E-state index contributed by atoms with van der Waals surface area (Å²) in [5.41, 5.74) is 0. The zero-order valence-electron chi connectivity index (χ0n) is 7.85. The summed E-state index contributed by atoms with van der Waals surface area (Å²) in [4.78, 5) is 2.41. The molecular weight excluding hydrogens is 214 g/mol. The van der Waals surface area contributed by atoms with E-state index in [1.54, 1.807) is 0 Å². The summed E-state index contributed by atoms with van der Waals surface area (Å²) in [5.74, 6) is 0. The van der Waals surface area contributed by atoms with Crippen LogP contribution in [0.3, 0.4) is 0 Å². The van der Waals surface area contributed by atoms with Crippen molar-refractivity contribution in [1.82, 2.24) is 4.90 Å². The van der Waals surface area contributed by atoms with Crippen LogP contribution in [-0.2, 0) is 0 Å². The molecule has 0 spiro atoms. The first-order chi connectivity index (χ1) is 5.70. The Bertz CT molecular complexity index is 150. The SMILES string of the molecule is C=C(Br)CN(C)C1CCCCC1. The van der Waals surface area contributed by atoms with Crippen LogP contribution in [0.5, 0.6) is 0 Å². The lowest BCUT2D eigenvalue weighted by atomic mass is 9.94. The molecule has 1 aliphatic carbocycles. The van der Waals surface area contributed by atoms with E-state index in [4.69, 9.17) is 0 Å². The van der Waals surface area contributed by atoms with Gasteiger partial charge in [-0.15, -0.1) is 0 Å². The lowest BCUT2D eigenvalue weighted by Gasteiger charge is -2.30. The van der Waals surface area contributed by atoms with Gasteiger partial charge in [-0.3, -0.25) is 4.90 Å². The lowest BCUT2D eigenvalue weighted by Crippen LogP contribution is -2.34. The van der Waals surface area contributed by atoms with Crippen LogP contribution in [0.1, 0.15) is 32.1 Å². The van der Waals surface area contributed by atoms with E-state index in [-0.39, 0.29) is 0 Å². The van der Waals surface area contributed by atoms with Gasteiger partial charge in [-0.05, 0) is 19.9 Å². The molecule has 0 heterocycles. The molecule has 0 atom stereocenters. The summed E-state index contributed by atoms with van der Waals surface area (Å²) >= 11 is 3.41. The van der Waals surface area contributed by atoms with Crippen LogP contribution in [0.25, 0.3) is 0 Å². The Labute approximate surface area is 84.0 Å². The van der Waals surface area contributed by atoms with Crippen molar-refractivity contribution in [1.29, 1.82) is 0 Å². The fourth-order valence-corrected chi connectivity index (χ4v) is 2.32. The van der Waals surface area contributed by atoms with E-state index in [0.29, 0.717) is 0 Å². The van der Waals surface area contributed by atoms with E-state index >= 15 is 0 Å². The quantitative estimate of drug-likeness (QED) is 0.722. The van der Waals surface area contributed by atoms with E-state index in [0.717, 1.165) is 17.1 Å². The number of hydrogen-bond acceptors (Lipinski definition) is 1. The Kier molecular flexibility index (Phi) is 4.30. The second kappa shape index (κ2) is 5.03. The highest BCUT2D eigenvalue weighted by molar-refractivity contribution is 9.11. The molecule has 0 aliphatic heterocycles. The minimum absolute atomic E-state index is 0.799. The lowest BCUT2D eigenvalue weighted by molar-refractivity contribution is 0.208. The summed E-state index contributed by atoms with van der Waals surface area (Å²) in [6, 6.07) is 0.799. The maximum atomic E-state index is 3.86. The molecule has 0 amide bonds. The second-order valence-electron chi connectivity index (χ2n) is 3.72. The minimum Gasteiger partial charge on any atom is -0.299 e. The van der Waals surface area contributed by atoms with E-state index in [1.807, 2.05) is 0 Å². The molecule has 0 saturated heterocycles. The number of rotatable bonds is 3. The van der Waals surface area contributed by atoms with Crippen LogP contribution in [0.2, 0.25) is 0 Å². The van der Waals surface area contributed by atoms with Gasteiger partial charge < -0.3 is 0 Å². The van der Waals surface area contributed by atoms with Crippen molar-refractivity contribution < 1.29 is 0 Å². The molecule has 70 valence electrons. The molecule has 1 aliphatic rings. The molecule has 0 aromatic carbocycles. The van der Waals surface area contributed by atoms with Crippen LogP contribution < -0.4 is 0 Å². The fraction of sp³-hybridized carbons (Fsp3) is 0.800. The topological polar surface area (TPSA) is 3.24 Å². The van der Waals surface area contributed by atoms with Crippen LogP contribution in [0, 0.1) is 0 Å². The summed E-state index contributed by atoms with van der Waals surface area (Å²) < 4.78 is 1.09. The highest BCUT2D eigenvalue weighted by atomic mass is 79.9. The van der Waals surface area contributed by atoms with E-state index in [9.17, 15) is 0 Å². The average molecular weight is 232 g/mol. The van der Waals surface area contributed by atoms with E-state index in [1.165, 1.54) is 32.1 Å². The molecule has 1 nitrogen and oxygen atoms in total. The van der Waals surface area contributed by atoms with Gasteiger partial charge in [0.15, 0.2) is 0 Å². The Morgan fingerprint density at radius 2 is 2.00 bits per heavy atom. The van der Waals surface area contributed by atoms with Crippen molar-refractivity contribution >= 4 is 15.9 Å². The predicted molar refractivity (Wildman–Crippen MR) is 57.6 cm³/mol. The van der Waals surface area contributed by atoms with Crippen molar-refractivity contribution in [3.05, 3.63) is 11.1 Å². The van der Waals surface area contributed by atoms with Crippen molar-refractivity contribution in [3.8, 4) is 0 Å². The van der Waals surface area contributed by atoms with E-state index < -0.39 is 0 Å². The number of hydrogen-bond donors (Lipinski definition) is 0. The summed E-state index contributed by atoms with van der Waals surface area (Å²) in [7, 11) is 2.20. The van der Waals surface area contributed by atoms with Gasteiger partial charge in [-0.25, -0.2) is 0 Å². The third-order valence-corrected chi connectivity index (χ3v) is 2.87. The van der Waals surface area contributed by atoms with Crippen LogP contribution in [0.15, 0.2) is 11.1 Å². The minimum atomic E-state index is 0.799. The molecule has 0 aromatic rings. The monoisotopic (exact) mass is 231 g/mol. The molecule has 2 heteroatoms. The standard InChI is InChI=1S/C10H18BrN/c1-9(11)8-12(2)10-6-4-3-5-7-10/h10H,1,3-8H2,2H3. The smallest absolute Gasteiger partial charge is 0.0293 e. The molecule has 0 bridgehead atoms. The van der Waals surface area contributed by atoms with Gasteiger partial charge in [0.25, 0.3) is 0 Å². The van der Waals surface area contributed by atoms with Crippen molar-refractivity contribution in [2.24, 2.45) is 0 Å². The highest BCUT2D eigenvalue weighted by Gasteiger charge is 2.17. The van der Waals surface area contributed by atoms with Crippen LogP contribution >= 0.6 is 15.9 Å². The maximum Gasteiger partial charge on any atom is 0.0293 e. The zero-order chi connectivity index (χ0) is 8.97. The van der Waals surface area contributed by atoms with Gasteiger partial charge in [0, 0.05) is 17.1 Å². The molecule has 1 saturated carbocycles. The van der Waals surface area contributed by atoms with Gasteiger partial charge in [-0.1, -0.05) is 41.8 Å². The predicted octanol–water partition coefficient (Wildman–Crippen LogP) is 3.16. The molecule has 12 heavy (non-hydrogen) atoms. The molecule has 1 rings (SSSR count).